The number of alkyl halides is 1. The first-order valence-electron chi connectivity index (χ1n) is 8.16. The highest BCUT2D eigenvalue weighted by Gasteiger charge is 2.32. The molecule has 1 aromatic heterocycles. The van der Waals surface area contributed by atoms with Crippen LogP contribution in [-0.4, -0.2) is 26.4 Å². The molecular weight excluding hydrogens is 291 g/mol. The van der Waals surface area contributed by atoms with E-state index in [1.807, 2.05) is 24.7 Å². The van der Waals surface area contributed by atoms with Gasteiger partial charge in [-0.2, -0.15) is 0 Å². The van der Waals surface area contributed by atoms with Crippen molar-refractivity contribution in [3.05, 3.63) is 55.0 Å². The number of aliphatic hydroxyl groups excluding tert-OH is 1. The summed E-state index contributed by atoms with van der Waals surface area (Å²) in [5, 5.41) is 9.41. The largest absolute Gasteiger partial charge is 0.393 e. The van der Waals surface area contributed by atoms with E-state index in [2.05, 4.69) is 28.3 Å². The fourth-order valence-corrected chi connectivity index (χ4v) is 3.38. The number of hydrogen-bond acceptors (Lipinski definition) is 2. The lowest BCUT2D eigenvalue weighted by molar-refractivity contribution is 0.130. The predicted octanol–water partition coefficient (Wildman–Crippen LogP) is 4.29. The van der Waals surface area contributed by atoms with E-state index in [0.29, 0.717) is 25.7 Å². The van der Waals surface area contributed by atoms with E-state index in [0.717, 1.165) is 5.69 Å². The lowest BCUT2D eigenvalue weighted by Crippen LogP contribution is -2.23. The Kier molecular flexibility index (Phi) is 4.35. The number of aliphatic hydroxyl groups is 1. The number of halogens is 1. The van der Waals surface area contributed by atoms with Crippen molar-refractivity contribution in [3.8, 4) is 11.3 Å². The van der Waals surface area contributed by atoms with E-state index in [4.69, 9.17) is 0 Å². The molecule has 2 aromatic rings. The summed E-state index contributed by atoms with van der Waals surface area (Å²) in [5.41, 5.74) is 2.07. The van der Waals surface area contributed by atoms with Crippen LogP contribution in [0, 0.1) is 0 Å². The van der Waals surface area contributed by atoms with Crippen LogP contribution in [0.15, 0.2) is 49.4 Å². The fourth-order valence-electron chi connectivity index (χ4n) is 3.38. The molecule has 0 saturated carbocycles. The second kappa shape index (κ2) is 6.28. The van der Waals surface area contributed by atoms with Crippen molar-refractivity contribution in [3.63, 3.8) is 0 Å². The first-order valence-corrected chi connectivity index (χ1v) is 8.16. The molecule has 1 aliphatic heterocycles. The van der Waals surface area contributed by atoms with Crippen LogP contribution in [-0.2, 0) is 0 Å². The monoisotopic (exact) mass is 314 g/mol. The Morgan fingerprint density at radius 3 is 2.96 bits per heavy atom. The van der Waals surface area contributed by atoms with E-state index >= 15 is 0 Å². The Hall–Kier alpha value is -1.94. The Bertz CT molecular complexity index is 694. The van der Waals surface area contributed by atoms with Crippen molar-refractivity contribution < 1.29 is 9.50 Å². The van der Waals surface area contributed by atoms with E-state index in [9.17, 15) is 9.50 Å². The van der Waals surface area contributed by atoms with Gasteiger partial charge in [-0.25, -0.2) is 9.37 Å². The third kappa shape index (κ3) is 3.08. The molecule has 3 unspecified atom stereocenters. The molecule has 1 aromatic carbocycles. The van der Waals surface area contributed by atoms with Gasteiger partial charge in [-0.15, -0.1) is 0 Å². The summed E-state index contributed by atoms with van der Waals surface area (Å²) in [5.74, 6) is 0. The molecule has 0 amide bonds. The van der Waals surface area contributed by atoms with Crippen LogP contribution in [0.5, 0.6) is 0 Å². The Morgan fingerprint density at radius 1 is 1.43 bits per heavy atom. The summed E-state index contributed by atoms with van der Waals surface area (Å²) in [6.07, 6.45) is 6.41. The molecular formula is C19H23FN2O. The van der Waals surface area contributed by atoms with Crippen molar-refractivity contribution in [2.75, 3.05) is 0 Å². The van der Waals surface area contributed by atoms with Crippen molar-refractivity contribution in [2.24, 2.45) is 0 Å². The number of aromatic nitrogens is 2. The summed E-state index contributed by atoms with van der Waals surface area (Å²) in [6, 6.07) is 8.35. The van der Waals surface area contributed by atoms with Crippen LogP contribution in [0.25, 0.3) is 11.3 Å². The van der Waals surface area contributed by atoms with Gasteiger partial charge in [-0.1, -0.05) is 36.9 Å². The van der Waals surface area contributed by atoms with Crippen molar-refractivity contribution in [1.82, 2.24) is 9.55 Å². The molecule has 4 heteroatoms. The fraction of sp³-hybridized carbons (Fsp3) is 0.421. The average molecular weight is 314 g/mol. The second-order valence-corrected chi connectivity index (χ2v) is 6.45. The molecule has 23 heavy (non-hydrogen) atoms. The minimum Gasteiger partial charge on any atom is -0.393 e. The quantitative estimate of drug-likeness (QED) is 0.774. The smallest absolute Gasteiger partial charge is 0.129 e. The van der Waals surface area contributed by atoms with E-state index in [1.54, 1.807) is 6.92 Å². The number of nitrogens with zero attached hydrogens (tertiary/aromatic N) is 2. The Balaban J connectivity index is 1.77. The van der Waals surface area contributed by atoms with Crippen LogP contribution in [0.3, 0.4) is 0 Å². The number of imidazole rings is 1. The van der Waals surface area contributed by atoms with E-state index in [-0.39, 0.29) is 6.04 Å². The van der Waals surface area contributed by atoms with Crippen molar-refractivity contribution in [1.29, 1.82) is 0 Å². The van der Waals surface area contributed by atoms with E-state index < -0.39 is 11.8 Å². The number of hydrogen-bond donors (Lipinski definition) is 1. The summed E-state index contributed by atoms with van der Waals surface area (Å²) in [4.78, 5) is 4.23. The molecule has 0 fully saturated rings. The molecule has 3 nitrogen and oxygen atoms in total. The summed E-state index contributed by atoms with van der Waals surface area (Å²) < 4.78 is 17.1. The van der Waals surface area contributed by atoms with Crippen LogP contribution in [0.2, 0.25) is 0 Å². The summed E-state index contributed by atoms with van der Waals surface area (Å²) in [7, 11) is 0. The molecule has 1 N–H and O–H groups in total. The van der Waals surface area contributed by atoms with Crippen LogP contribution in [0.1, 0.15) is 44.2 Å². The zero-order valence-electron chi connectivity index (χ0n) is 13.5. The molecule has 122 valence electrons. The van der Waals surface area contributed by atoms with Crippen molar-refractivity contribution >= 4 is 0 Å². The van der Waals surface area contributed by atoms with E-state index in [1.165, 1.54) is 17.2 Å². The molecule has 2 heterocycles. The maximum atomic E-state index is 15.0. The molecule has 1 aliphatic rings. The van der Waals surface area contributed by atoms with Gasteiger partial charge in [0.25, 0.3) is 0 Å². The van der Waals surface area contributed by atoms with Gasteiger partial charge in [-0.3, -0.25) is 0 Å². The molecule has 3 rings (SSSR count). The first-order chi connectivity index (χ1) is 11.0. The number of benzene rings is 1. The van der Waals surface area contributed by atoms with Crippen molar-refractivity contribution in [2.45, 2.75) is 50.4 Å². The minimum absolute atomic E-state index is 0.116. The van der Waals surface area contributed by atoms with Crippen LogP contribution >= 0.6 is 0 Å². The topological polar surface area (TPSA) is 38.1 Å². The molecule has 0 spiro atoms. The van der Waals surface area contributed by atoms with Gasteiger partial charge in [0.05, 0.1) is 30.4 Å². The highest BCUT2D eigenvalue weighted by Crippen LogP contribution is 2.42. The van der Waals surface area contributed by atoms with Crippen LogP contribution < -0.4 is 0 Å². The zero-order chi connectivity index (χ0) is 16.4. The zero-order valence-corrected chi connectivity index (χ0v) is 13.5. The highest BCUT2D eigenvalue weighted by molar-refractivity contribution is 5.68. The highest BCUT2D eigenvalue weighted by atomic mass is 19.1. The maximum absolute atomic E-state index is 15.0. The lowest BCUT2D eigenvalue weighted by atomic mass is 9.89. The Labute approximate surface area is 136 Å². The first kappa shape index (κ1) is 15.9. The van der Waals surface area contributed by atoms with Gasteiger partial charge in [0.1, 0.15) is 5.67 Å². The number of rotatable bonds is 7. The van der Waals surface area contributed by atoms with Gasteiger partial charge in [0.2, 0.25) is 0 Å². The predicted molar refractivity (Wildman–Crippen MR) is 90.0 cm³/mol. The van der Waals surface area contributed by atoms with Gasteiger partial charge in [0, 0.05) is 5.56 Å². The number of allylic oxidation sites excluding steroid dienone is 1. The molecule has 3 atom stereocenters. The molecule has 0 saturated heterocycles. The van der Waals surface area contributed by atoms with Gasteiger partial charge in [-0.05, 0) is 38.2 Å². The average Bonchev–Trinajstić information content (AvgIpc) is 3.12. The van der Waals surface area contributed by atoms with Gasteiger partial charge < -0.3 is 9.67 Å². The molecule has 0 bridgehead atoms. The normalized spacial score (nSPS) is 19.7. The van der Waals surface area contributed by atoms with Crippen LogP contribution in [0.4, 0.5) is 4.39 Å². The standard InChI is InChI=1S/C19H23FN2O/c1-3-19(20,10-8-14(2)23)11-9-17-15-6-4-5-7-16(15)18-12-21-13-22(17)18/h3-7,12-14,17,23H,1,8-11H2,2H3. The molecule has 0 aliphatic carbocycles. The number of fused-ring (bicyclic) bond motifs is 3. The summed E-state index contributed by atoms with van der Waals surface area (Å²) >= 11 is 0. The minimum atomic E-state index is -1.44. The maximum Gasteiger partial charge on any atom is 0.129 e. The van der Waals surface area contributed by atoms with Gasteiger partial charge in [0.15, 0.2) is 0 Å². The third-order valence-electron chi connectivity index (χ3n) is 4.77. The Morgan fingerprint density at radius 2 is 2.22 bits per heavy atom. The van der Waals surface area contributed by atoms with Gasteiger partial charge >= 0.3 is 0 Å². The molecule has 0 radical (unpaired) electrons. The SMILES string of the molecule is C=CC(F)(CCC(C)O)CCC1c2ccccc2-c2cncn21. The lowest BCUT2D eigenvalue weighted by Gasteiger charge is -2.24. The third-order valence-corrected chi connectivity index (χ3v) is 4.77. The summed E-state index contributed by atoms with van der Waals surface area (Å²) in [6.45, 7) is 5.35. The second-order valence-electron chi connectivity index (χ2n) is 6.45.